The number of alkyl halides is 3. The molecule has 0 fully saturated rings. The lowest BCUT2D eigenvalue weighted by atomic mass is 10.1. The van der Waals surface area contributed by atoms with Crippen molar-refractivity contribution in [1.29, 1.82) is 0 Å². The summed E-state index contributed by atoms with van der Waals surface area (Å²) in [4.78, 5) is 29.4. The molecule has 1 aromatic heterocycles. The van der Waals surface area contributed by atoms with Gasteiger partial charge < -0.3 is 4.74 Å². The Balaban J connectivity index is 1.80. The van der Waals surface area contributed by atoms with Crippen molar-refractivity contribution in [2.24, 2.45) is 0 Å². The van der Waals surface area contributed by atoms with E-state index in [0.29, 0.717) is 29.1 Å². The Morgan fingerprint density at radius 1 is 1.06 bits per heavy atom. The highest BCUT2D eigenvalue weighted by molar-refractivity contribution is 6.31. The van der Waals surface area contributed by atoms with Gasteiger partial charge in [-0.25, -0.2) is 18.6 Å². The number of amides is 3. The minimum absolute atomic E-state index is 0.207. The monoisotopic (exact) mass is 513 g/mol. The van der Waals surface area contributed by atoms with Crippen LogP contribution in [0, 0.1) is 25.5 Å². The fraction of sp³-hybridized carbons (Fsp3) is 0.174. The van der Waals surface area contributed by atoms with E-state index >= 15 is 0 Å². The minimum atomic E-state index is -4.62. The summed E-state index contributed by atoms with van der Waals surface area (Å²) in [6, 6.07) is 5.58. The molecule has 0 aliphatic carbocycles. The Labute approximate surface area is 201 Å². The third-order valence-corrected chi connectivity index (χ3v) is 5.18. The molecule has 0 spiro atoms. The van der Waals surface area contributed by atoms with Crippen LogP contribution in [0.15, 0.2) is 42.6 Å². The number of benzene rings is 2. The first-order chi connectivity index (χ1) is 16.3. The van der Waals surface area contributed by atoms with Gasteiger partial charge in [-0.15, -0.1) is 0 Å². The normalized spacial score (nSPS) is 11.2. The molecule has 0 unspecified atom stereocenters. The number of hydrogen-bond acceptors (Lipinski definition) is 4. The number of rotatable bonds is 4. The summed E-state index contributed by atoms with van der Waals surface area (Å²) in [5.74, 6) is -3.55. The molecule has 3 rings (SSSR count). The summed E-state index contributed by atoms with van der Waals surface area (Å²) in [7, 11) is 1.33. The molecule has 0 bridgehead atoms. The van der Waals surface area contributed by atoms with E-state index in [4.69, 9.17) is 16.3 Å². The van der Waals surface area contributed by atoms with E-state index in [9.17, 15) is 31.5 Å². The number of nitrogens with one attached hydrogen (secondary N) is 1. The number of pyridine rings is 1. The average Bonchev–Trinajstić information content (AvgIpc) is 2.75. The molecule has 2 aromatic carbocycles. The van der Waals surface area contributed by atoms with Gasteiger partial charge in [-0.2, -0.15) is 13.2 Å². The van der Waals surface area contributed by atoms with Gasteiger partial charge in [0.2, 0.25) is 5.88 Å². The molecule has 0 atom stereocenters. The molecule has 0 aliphatic rings. The maximum atomic E-state index is 13.8. The molecule has 3 amide bonds. The van der Waals surface area contributed by atoms with Crippen molar-refractivity contribution in [2.75, 3.05) is 11.9 Å². The van der Waals surface area contributed by atoms with E-state index in [1.807, 2.05) is 5.32 Å². The van der Waals surface area contributed by atoms with Gasteiger partial charge in [0.05, 0.1) is 5.56 Å². The zero-order valence-corrected chi connectivity index (χ0v) is 19.2. The van der Waals surface area contributed by atoms with Crippen LogP contribution in [0.4, 0.5) is 32.4 Å². The van der Waals surface area contributed by atoms with Crippen LogP contribution in [-0.2, 0) is 6.18 Å². The predicted molar refractivity (Wildman–Crippen MR) is 118 cm³/mol. The number of imide groups is 1. The summed E-state index contributed by atoms with van der Waals surface area (Å²) in [6.07, 6.45) is -4.03. The number of urea groups is 1. The van der Waals surface area contributed by atoms with Crippen molar-refractivity contribution in [3.05, 3.63) is 81.5 Å². The number of anilines is 1. The SMILES string of the molecule is Cc1cc(N(C)C(=O)NC(=O)c2c(F)cccc2F)c(C)cc1Oc1ncc(C(F)(F)F)cc1Cl. The average molecular weight is 514 g/mol. The van der Waals surface area contributed by atoms with Gasteiger partial charge in [-0.1, -0.05) is 17.7 Å². The lowest BCUT2D eigenvalue weighted by Gasteiger charge is -2.21. The fourth-order valence-electron chi connectivity index (χ4n) is 3.07. The Morgan fingerprint density at radius 3 is 2.26 bits per heavy atom. The van der Waals surface area contributed by atoms with Crippen LogP contribution in [-0.4, -0.2) is 24.0 Å². The summed E-state index contributed by atoms with van der Waals surface area (Å²) in [6.45, 7) is 3.20. The summed E-state index contributed by atoms with van der Waals surface area (Å²) in [5, 5.41) is 1.57. The number of nitrogens with zero attached hydrogens (tertiary/aromatic N) is 2. The highest BCUT2D eigenvalue weighted by Gasteiger charge is 2.32. The van der Waals surface area contributed by atoms with E-state index in [0.717, 1.165) is 23.1 Å². The lowest BCUT2D eigenvalue weighted by Crippen LogP contribution is -2.41. The summed E-state index contributed by atoms with van der Waals surface area (Å²) >= 11 is 5.89. The number of carbonyl (C=O) groups excluding carboxylic acids is 2. The molecule has 0 saturated heterocycles. The maximum Gasteiger partial charge on any atom is 0.417 e. The van der Waals surface area contributed by atoms with E-state index in [-0.39, 0.29) is 16.7 Å². The number of carbonyl (C=O) groups is 2. The Morgan fingerprint density at radius 2 is 1.69 bits per heavy atom. The van der Waals surface area contributed by atoms with Crippen molar-refractivity contribution in [3.63, 3.8) is 0 Å². The Kier molecular flexibility index (Phi) is 7.30. The lowest BCUT2D eigenvalue weighted by molar-refractivity contribution is -0.137. The molecule has 3 aromatic rings. The van der Waals surface area contributed by atoms with Gasteiger partial charge in [0.15, 0.2) is 0 Å². The molecule has 0 aliphatic heterocycles. The molecular formula is C23H17ClF5N3O3. The second-order valence-electron chi connectivity index (χ2n) is 7.43. The van der Waals surface area contributed by atoms with E-state index in [1.165, 1.54) is 19.2 Å². The molecule has 1 N–H and O–H groups in total. The molecule has 0 radical (unpaired) electrons. The van der Waals surface area contributed by atoms with Crippen LogP contribution in [0.2, 0.25) is 5.02 Å². The van der Waals surface area contributed by atoms with Crippen LogP contribution >= 0.6 is 11.6 Å². The van der Waals surface area contributed by atoms with Crippen LogP contribution in [0.5, 0.6) is 11.6 Å². The topological polar surface area (TPSA) is 71.5 Å². The molecule has 12 heteroatoms. The van der Waals surface area contributed by atoms with E-state index in [1.54, 1.807) is 13.8 Å². The number of halogens is 6. The van der Waals surface area contributed by atoms with Crippen molar-refractivity contribution >= 4 is 29.2 Å². The first-order valence-electron chi connectivity index (χ1n) is 9.84. The predicted octanol–water partition coefficient (Wildman–Crippen LogP) is 6.43. The van der Waals surface area contributed by atoms with Gasteiger partial charge >= 0.3 is 12.2 Å². The van der Waals surface area contributed by atoms with E-state index in [2.05, 4.69) is 4.98 Å². The second kappa shape index (κ2) is 9.87. The van der Waals surface area contributed by atoms with Crippen molar-refractivity contribution in [1.82, 2.24) is 10.3 Å². The highest BCUT2D eigenvalue weighted by Crippen LogP contribution is 2.36. The number of hydrogen-bond donors (Lipinski definition) is 1. The third kappa shape index (κ3) is 5.68. The van der Waals surface area contributed by atoms with Gasteiger partial charge in [-0.05, 0) is 55.3 Å². The van der Waals surface area contributed by atoms with Crippen LogP contribution in [0.25, 0.3) is 0 Å². The molecule has 6 nitrogen and oxygen atoms in total. The highest BCUT2D eigenvalue weighted by atomic mass is 35.5. The number of ether oxygens (including phenoxy) is 1. The minimum Gasteiger partial charge on any atom is -0.437 e. The largest absolute Gasteiger partial charge is 0.437 e. The maximum absolute atomic E-state index is 13.8. The van der Waals surface area contributed by atoms with Crippen LogP contribution in [0.1, 0.15) is 27.0 Å². The van der Waals surface area contributed by atoms with Crippen molar-refractivity contribution in [2.45, 2.75) is 20.0 Å². The van der Waals surface area contributed by atoms with Crippen molar-refractivity contribution < 1.29 is 36.3 Å². The standard InChI is InChI=1S/C23H17ClF5N3O3/c1-11-8-18(35-21-14(24)9-13(10-30-21)23(27,28)29)12(2)7-17(11)32(3)22(34)31-20(33)19-15(25)5-4-6-16(19)26/h4-10H,1-3H3,(H,31,33,34). The fourth-order valence-corrected chi connectivity index (χ4v) is 3.28. The van der Waals surface area contributed by atoms with Crippen LogP contribution in [0.3, 0.4) is 0 Å². The van der Waals surface area contributed by atoms with Crippen molar-refractivity contribution in [3.8, 4) is 11.6 Å². The van der Waals surface area contributed by atoms with Crippen LogP contribution < -0.4 is 15.0 Å². The zero-order chi connectivity index (χ0) is 26.1. The molecule has 1 heterocycles. The quantitative estimate of drug-likeness (QED) is 0.408. The Hall–Kier alpha value is -3.73. The first-order valence-corrected chi connectivity index (χ1v) is 10.2. The second-order valence-corrected chi connectivity index (χ2v) is 7.84. The zero-order valence-electron chi connectivity index (χ0n) is 18.4. The summed E-state index contributed by atoms with van der Waals surface area (Å²) < 4.78 is 71.6. The smallest absolute Gasteiger partial charge is 0.417 e. The van der Waals surface area contributed by atoms with Gasteiger partial charge in [0.1, 0.15) is 28.0 Å². The molecular weight excluding hydrogens is 497 g/mol. The molecule has 35 heavy (non-hydrogen) atoms. The third-order valence-electron chi connectivity index (χ3n) is 4.91. The number of aryl methyl sites for hydroxylation is 2. The first kappa shape index (κ1) is 25.9. The van der Waals surface area contributed by atoms with Gasteiger partial charge in [0, 0.05) is 18.9 Å². The Bertz CT molecular complexity index is 1290. The molecule has 184 valence electrons. The number of aromatic nitrogens is 1. The van der Waals surface area contributed by atoms with Gasteiger partial charge in [-0.3, -0.25) is 15.0 Å². The van der Waals surface area contributed by atoms with E-state index < -0.39 is 40.9 Å². The summed E-state index contributed by atoms with van der Waals surface area (Å²) in [5.41, 5.74) is -0.687. The van der Waals surface area contributed by atoms with Gasteiger partial charge in [0.25, 0.3) is 5.91 Å². The molecule has 0 saturated carbocycles.